The van der Waals surface area contributed by atoms with Crippen molar-refractivity contribution in [1.82, 2.24) is 0 Å². The molecule has 40 heavy (non-hydrogen) atoms. The number of hydrogen-bond acceptors (Lipinski definition) is 7. The lowest BCUT2D eigenvalue weighted by Crippen LogP contribution is -2.16. The maximum absolute atomic E-state index is 13.0. The lowest BCUT2D eigenvalue weighted by Gasteiger charge is -2.15. The molecule has 0 unspecified atom stereocenters. The molecule has 0 spiro atoms. The van der Waals surface area contributed by atoms with Gasteiger partial charge in [0.1, 0.15) is 11.5 Å². The summed E-state index contributed by atoms with van der Waals surface area (Å²) in [5.74, 6) is -0.535. The van der Waals surface area contributed by atoms with E-state index in [1.54, 1.807) is 48.5 Å². The van der Waals surface area contributed by atoms with Gasteiger partial charge in [0.2, 0.25) is 0 Å². The summed E-state index contributed by atoms with van der Waals surface area (Å²) in [7, 11) is 1.26. The second-order valence-corrected chi connectivity index (χ2v) is 9.15. The average Bonchev–Trinajstić information content (AvgIpc) is 2.96. The zero-order chi connectivity index (χ0) is 28.9. The number of carbonyl (C=O) groups excluding carboxylic acids is 3. The van der Waals surface area contributed by atoms with E-state index in [1.165, 1.54) is 19.2 Å². The fraction of sp³-hybridized carbons (Fsp3) is 0.323. The highest BCUT2D eigenvalue weighted by molar-refractivity contribution is 6.08. The van der Waals surface area contributed by atoms with E-state index in [2.05, 4.69) is 24.5 Å². The van der Waals surface area contributed by atoms with Gasteiger partial charge in [0, 0.05) is 11.1 Å². The van der Waals surface area contributed by atoms with Gasteiger partial charge in [-0.15, -0.1) is 0 Å². The van der Waals surface area contributed by atoms with Crippen LogP contribution in [0.25, 0.3) is 0 Å². The smallest absolute Gasteiger partial charge is 0.309 e. The van der Waals surface area contributed by atoms with Crippen LogP contribution in [0.2, 0.25) is 0 Å². The third-order valence-corrected chi connectivity index (χ3v) is 6.01. The van der Waals surface area contributed by atoms with E-state index >= 15 is 0 Å². The molecule has 3 rings (SSSR count). The molecule has 0 radical (unpaired) electrons. The van der Waals surface area contributed by atoms with Crippen LogP contribution in [-0.2, 0) is 16.0 Å². The van der Waals surface area contributed by atoms with Crippen LogP contribution in [0.4, 0.5) is 11.4 Å². The first kappa shape index (κ1) is 30.0. The molecule has 0 aliphatic heterocycles. The predicted octanol–water partition coefficient (Wildman–Crippen LogP) is 5.97. The molecule has 0 bridgehead atoms. The highest BCUT2D eigenvalue weighted by Gasteiger charge is 2.18. The normalized spacial score (nSPS) is 10.5. The number of methoxy groups -OCH3 is 1. The van der Waals surface area contributed by atoms with Crippen molar-refractivity contribution < 1.29 is 33.7 Å². The Morgan fingerprint density at radius 2 is 1.15 bits per heavy atom. The van der Waals surface area contributed by atoms with Gasteiger partial charge in [0.15, 0.2) is 5.75 Å². The Balaban J connectivity index is 1.79. The first-order valence-electron chi connectivity index (χ1n) is 13.4. The SMILES string of the molecule is CCCCOc1ccc(C(=O)Nc2cc(CC(=O)OC)cc(NC(=O)c3ccc(OCCCC)cc3)c2O)cc1. The Hall–Kier alpha value is -4.53. The summed E-state index contributed by atoms with van der Waals surface area (Å²) in [5.41, 5.74) is 1.17. The van der Waals surface area contributed by atoms with Crippen molar-refractivity contribution in [3.05, 3.63) is 77.4 Å². The van der Waals surface area contributed by atoms with Crippen LogP contribution in [-0.4, -0.2) is 43.2 Å². The largest absolute Gasteiger partial charge is 0.504 e. The van der Waals surface area contributed by atoms with E-state index in [0.29, 0.717) is 41.4 Å². The molecule has 0 atom stereocenters. The number of nitrogens with one attached hydrogen (secondary N) is 2. The number of anilines is 2. The van der Waals surface area contributed by atoms with Gasteiger partial charge in [-0.25, -0.2) is 0 Å². The van der Waals surface area contributed by atoms with Crippen LogP contribution in [0.3, 0.4) is 0 Å². The molecular weight excluding hydrogens is 512 g/mol. The van der Waals surface area contributed by atoms with E-state index in [9.17, 15) is 19.5 Å². The molecule has 0 aliphatic carbocycles. The number of carbonyl (C=O) groups is 3. The second kappa shape index (κ2) is 15.2. The zero-order valence-corrected chi connectivity index (χ0v) is 23.1. The molecule has 0 aliphatic rings. The highest BCUT2D eigenvalue weighted by Crippen LogP contribution is 2.35. The molecular formula is C31H36N2O7. The number of rotatable bonds is 14. The molecule has 2 amide bonds. The lowest BCUT2D eigenvalue weighted by molar-refractivity contribution is -0.139. The number of phenolic OH excluding ortho intramolecular Hbond substituents is 1. The molecule has 0 saturated carbocycles. The van der Waals surface area contributed by atoms with Gasteiger partial charge < -0.3 is 30.0 Å². The minimum Gasteiger partial charge on any atom is -0.504 e. The molecule has 9 nitrogen and oxygen atoms in total. The van der Waals surface area contributed by atoms with Crippen molar-refractivity contribution in [2.75, 3.05) is 31.0 Å². The number of phenols is 1. The van der Waals surface area contributed by atoms with Gasteiger partial charge in [-0.2, -0.15) is 0 Å². The topological polar surface area (TPSA) is 123 Å². The molecule has 3 N–H and O–H groups in total. The summed E-state index contributed by atoms with van der Waals surface area (Å²) in [6.07, 6.45) is 3.77. The number of ether oxygens (including phenoxy) is 3. The van der Waals surface area contributed by atoms with Gasteiger partial charge in [-0.1, -0.05) is 26.7 Å². The Bertz CT molecular complexity index is 1200. The first-order chi connectivity index (χ1) is 19.3. The van der Waals surface area contributed by atoms with Gasteiger partial charge in [-0.05, 0) is 79.1 Å². The fourth-order valence-electron chi connectivity index (χ4n) is 3.69. The van der Waals surface area contributed by atoms with Crippen LogP contribution in [0.1, 0.15) is 65.8 Å². The maximum Gasteiger partial charge on any atom is 0.309 e. The molecule has 212 valence electrons. The van der Waals surface area contributed by atoms with Crippen molar-refractivity contribution in [2.45, 2.75) is 46.0 Å². The summed E-state index contributed by atoms with van der Waals surface area (Å²) >= 11 is 0. The average molecular weight is 549 g/mol. The quantitative estimate of drug-likeness (QED) is 0.129. The number of unbranched alkanes of at least 4 members (excludes halogenated alkanes) is 2. The monoisotopic (exact) mass is 548 g/mol. The summed E-state index contributed by atoms with van der Waals surface area (Å²) in [4.78, 5) is 37.9. The van der Waals surface area contributed by atoms with Crippen molar-refractivity contribution in [3.8, 4) is 17.2 Å². The van der Waals surface area contributed by atoms with Crippen LogP contribution in [0.5, 0.6) is 17.2 Å². The Kier molecular flexibility index (Phi) is 11.4. The number of aromatic hydroxyl groups is 1. The maximum atomic E-state index is 13.0. The van der Waals surface area contributed by atoms with Gasteiger partial charge >= 0.3 is 5.97 Å². The van der Waals surface area contributed by atoms with Crippen LogP contribution >= 0.6 is 0 Å². The number of amides is 2. The van der Waals surface area contributed by atoms with Gasteiger partial charge in [0.25, 0.3) is 11.8 Å². The third-order valence-electron chi connectivity index (χ3n) is 6.01. The van der Waals surface area contributed by atoms with E-state index < -0.39 is 17.8 Å². The molecule has 9 heteroatoms. The number of hydrogen-bond donors (Lipinski definition) is 3. The van der Waals surface area contributed by atoms with E-state index in [-0.39, 0.29) is 23.5 Å². The zero-order valence-electron chi connectivity index (χ0n) is 23.1. The minimum atomic E-state index is -0.516. The van der Waals surface area contributed by atoms with Crippen LogP contribution < -0.4 is 20.1 Å². The van der Waals surface area contributed by atoms with Crippen molar-refractivity contribution >= 4 is 29.2 Å². The molecule has 0 heterocycles. The Morgan fingerprint density at radius 1 is 0.725 bits per heavy atom. The van der Waals surface area contributed by atoms with Crippen molar-refractivity contribution in [2.24, 2.45) is 0 Å². The number of benzene rings is 3. The predicted molar refractivity (Wildman–Crippen MR) is 153 cm³/mol. The molecule has 0 aromatic heterocycles. The van der Waals surface area contributed by atoms with Gasteiger partial charge in [0.05, 0.1) is 38.1 Å². The fourth-order valence-corrected chi connectivity index (χ4v) is 3.69. The standard InChI is InChI=1S/C31H36N2O7/c1-4-6-16-39-24-12-8-22(9-13-24)30(36)32-26-18-21(20-28(34)38-3)19-27(29(26)35)33-31(37)23-10-14-25(15-11-23)40-17-7-5-2/h8-15,18-19,35H,4-7,16-17,20H2,1-3H3,(H,32,36)(H,33,37). The molecule has 3 aromatic rings. The third kappa shape index (κ3) is 8.76. The molecule has 0 fully saturated rings. The number of esters is 1. The van der Waals surface area contributed by atoms with Crippen molar-refractivity contribution in [1.29, 1.82) is 0 Å². The summed E-state index contributed by atoms with van der Waals surface area (Å²) in [6, 6.07) is 16.2. The van der Waals surface area contributed by atoms with E-state index in [0.717, 1.165) is 25.7 Å². The summed E-state index contributed by atoms with van der Waals surface area (Å²) in [6.45, 7) is 5.33. The Labute approximate surface area is 234 Å². The highest BCUT2D eigenvalue weighted by atomic mass is 16.5. The minimum absolute atomic E-state index is 0.0321. The summed E-state index contributed by atoms with van der Waals surface area (Å²) < 4.78 is 16.0. The molecule has 0 saturated heterocycles. The van der Waals surface area contributed by atoms with E-state index in [1.807, 2.05) is 0 Å². The van der Waals surface area contributed by atoms with E-state index in [4.69, 9.17) is 14.2 Å². The molecule has 3 aromatic carbocycles. The summed E-state index contributed by atoms with van der Waals surface area (Å²) in [5, 5.41) is 16.3. The van der Waals surface area contributed by atoms with Gasteiger partial charge in [-0.3, -0.25) is 14.4 Å². The lowest BCUT2D eigenvalue weighted by atomic mass is 10.1. The van der Waals surface area contributed by atoms with Crippen LogP contribution in [0.15, 0.2) is 60.7 Å². The Morgan fingerprint density at radius 3 is 1.52 bits per heavy atom. The van der Waals surface area contributed by atoms with Crippen molar-refractivity contribution in [3.63, 3.8) is 0 Å². The first-order valence-corrected chi connectivity index (χ1v) is 13.4. The second-order valence-electron chi connectivity index (χ2n) is 9.15. The van der Waals surface area contributed by atoms with Crippen LogP contribution in [0, 0.1) is 0 Å².